The Morgan fingerprint density at radius 1 is 1.14 bits per heavy atom. The van der Waals surface area contributed by atoms with Gasteiger partial charge in [-0.3, -0.25) is 4.79 Å². The third-order valence-electron chi connectivity index (χ3n) is 5.69. The molecule has 1 aliphatic rings. The maximum Gasteiger partial charge on any atom is 0.318 e. The van der Waals surface area contributed by atoms with Crippen molar-refractivity contribution in [2.45, 2.75) is 45.7 Å². The average Bonchev–Trinajstić information content (AvgIpc) is 3.26. The minimum atomic E-state index is -0.429. The molecular formula is C27H36N4O4. The van der Waals surface area contributed by atoms with Crippen LogP contribution in [-0.4, -0.2) is 67.0 Å². The van der Waals surface area contributed by atoms with Gasteiger partial charge in [-0.25, -0.2) is 9.80 Å². The van der Waals surface area contributed by atoms with E-state index in [4.69, 9.17) is 14.6 Å². The molecular weight excluding hydrogens is 444 g/mol. The lowest BCUT2D eigenvalue weighted by atomic mass is 9.97. The summed E-state index contributed by atoms with van der Waals surface area (Å²) in [7, 11) is 3.19. The molecule has 3 amide bonds. The first-order chi connectivity index (χ1) is 16.6. The van der Waals surface area contributed by atoms with E-state index in [1.54, 1.807) is 14.2 Å². The second kappa shape index (κ2) is 11.4. The first-order valence-electron chi connectivity index (χ1n) is 11.8. The second-order valence-electron chi connectivity index (χ2n) is 9.74. The number of nitrogens with one attached hydrogen (secondary N) is 1. The fraction of sp³-hybridized carbons (Fsp3) is 0.444. The number of rotatable bonds is 8. The summed E-state index contributed by atoms with van der Waals surface area (Å²) >= 11 is 0. The molecule has 2 aromatic carbocycles. The minimum absolute atomic E-state index is 0.109. The first-order valence-corrected chi connectivity index (χ1v) is 11.8. The molecule has 8 nitrogen and oxygen atoms in total. The van der Waals surface area contributed by atoms with E-state index in [1.807, 2.05) is 76.2 Å². The van der Waals surface area contributed by atoms with Crippen LogP contribution >= 0.6 is 0 Å². The summed E-state index contributed by atoms with van der Waals surface area (Å²) in [6, 6.07) is 15.2. The van der Waals surface area contributed by atoms with Gasteiger partial charge in [-0.05, 0) is 45.4 Å². The third-order valence-corrected chi connectivity index (χ3v) is 5.69. The zero-order chi connectivity index (χ0) is 25.6. The van der Waals surface area contributed by atoms with E-state index >= 15 is 0 Å². The van der Waals surface area contributed by atoms with Gasteiger partial charge in [0.05, 0.1) is 25.5 Å². The Morgan fingerprint density at radius 2 is 1.86 bits per heavy atom. The molecule has 1 N–H and O–H groups in total. The highest BCUT2D eigenvalue weighted by molar-refractivity contribution is 6.03. The minimum Gasteiger partial charge on any atom is -0.497 e. The van der Waals surface area contributed by atoms with Crippen LogP contribution in [0.4, 0.5) is 4.79 Å². The van der Waals surface area contributed by atoms with E-state index in [-0.39, 0.29) is 24.5 Å². The normalized spacial score (nSPS) is 15.5. The highest BCUT2D eigenvalue weighted by Gasteiger charge is 2.34. The van der Waals surface area contributed by atoms with Gasteiger partial charge < -0.3 is 19.7 Å². The Balaban J connectivity index is 1.90. The van der Waals surface area contributed by atoms with Gasteiger partial charge in [0.15, 0.2) is 0 Å². The van der Waals surface area contributed by atoms with Crippen LogP contribution < -0.4 is 10.1 Å². The molecule has 1 aliphatic heterocycles. The largest absolute Gasteiger partial charge is 0.497 e. The summed E-state index contributed by atoms with van der Waals surface area (Å²) in [5.74, 6) is 0.472. The zero-order valence-corrected chi connectivity index (χ0v) is 21.5. The Bertz CT molecular complexity index is 1060. The summed E-state index contributed by atoms with van der Waals surface area (Å²) in [5.41, 5.74) is 3.40. The van der Waals surface area contributed by atoms with Crippen LogP contribution in [0.1, 0.15) is 49.9 Å². The monoisotopic (exact) mass is 480 g/mol. The lowest BCUT2D eigenvalue weighted by Gasteiger charge is -2.30. The molecule has 0 saturated carbocycles. The standard InChI is InChI=1S/C27H36N4O4/c1-19-10-12-20(13-11-19)24-17-23(21-8-7-9-22(16-21)35-6)29-31(24)25(32)18-30(14-15-34-5)26(33)28-27(2,3)4/h7-13,16,24H,14-15,17-18H2,1-6H3,(H,28,33)/t24-/m0/s1. The van der Waals surface area contributed by atoms with E-state index in [1.165, 1.54) is 9.91 Å². The smallest absolute Gasteiger partial charge is 0.318 e. The van der Waals surface area contributed by atoms with Gasteiger partial charge in [-0.15, -0.1) is 0 Å². The number of aryl methyl sites for hydroxylation is 1. The second-order valence-corrected chi connectivity index (χ2v) is 9.74. The van der Waals surface area contributed by atoms with E-state index < -0.39 is 5.54 Å². The van der Waals surface area contributed by atoms with Crippen molar-refractivity contribution in [3.63, 3.8) is 0 Å². The van der Waals surface area contributed by atoms with Crippen molar-refractivity contribution in [3.05, 3.63) is 65.2 Å². The number of ether oxygens (including phenoxy) is 2. The number of carbonyl (C=O) groups is 2. The molecule has 0 aromatic heterocycles. The molecule has 8 heteroatoms. The average molecular weight is 481 g/mol. The molecule has 0 saturated heterocycles. The number of nitrogens with zero attached hydrogens (tertiary/aromatic N) is 3. The molecule has 0 spiro atoms. The van der Waals surface area contributed by atoms with Crippen LogP contribution in [0.3, 0.4) is 0 Å². The Labute approximate surface area is 207 Å². The van der Waals surface area contributed by atoms with E-state index in [0.29, 0.717) is 19.6 Å². The van der Waals surface area contributed by atoms with Crippen LogP contribution in [0, 0.1) is 6.92 Å². The number of methoxy groups -OCH3 is 2. The van der Waals surface area contributed by atoms with Gasteiger partial charge in [0.25, 0.3) is 5.91 Å². The number of amides is 3. The maximum absolute atomic E-state index is 13.6. The van der Waals surface area contributed by atoms with Gasteiger partial charge in [0, 0.05) is 31.2 Å². The maximum atomic E-state index is 13.6. The van der Waals surface area contributed by atoms with Crippen LogP contribution in [0.5, 0.6) is 5.75 Å². The SMILES string of the molecule is COCCN(CC(=O)N1N=C(c2cccc(OC)c2)C[C@H]1c1ccc(C)cc1)C(=O)NC(C)(C)C. The highest BCUT2D eigenvalue weighted by Crippen LogP contribution is 2.33. The van der Waals surface area contributed by atoms with Gasteiger partial charge >= 0.3 is 6.03 Å². The molecule has 0 bridgehead atoms. The number of hydrazone groups is 1. The topological polar surface area (TPSA) is 83.5 Å². The van der Waals surface area contributed by atoms with Crippen LogP contribution in [-0.2, 0) is 9.53 Å². The van der Waals surface area contributed by atoms with Crippen LogP contribution in [0.25, 0.3) is 0 Å². The Hall–Kier alpha value is -3.39. The molecule has 3 rings (SSSR count). The van der Waals surface area contributed by atoms with Crippen molar-refractivity contribution in [1.82, 2.24) is 15.2 Å². The molecule has 0 fully saturated rings. The first kappa shape index (κ1) is 26.2. The predicted octanol–water partition coefficient (Wildman–Crippen LogP) is 4.14. The van der Waals surface area contributed by atoms with Crippen molar-refractivity contribution in [3.8, 4) is 5.75 Å². The molecule has 0 unspecified atom stereocenters. The van der Waals surface area contributed by atoms with Crippen molar-refractivity contribution in [2.24, 2.45) is 5.10 Å². The Kier molecular flexibility index (Phi) is 8.51. The van der Waals surface area contributed by atoms with Crippen molar-refractivity contribution >= 4 is 17.6 Å². The molecule has 1 atom stereocenters. The van der Waals surface area contributed by atoms with Gasteiger partial charge in [0.2, 0.25) is 0 Å². The van der Waals surface area contributed by atoms with Crippen molar-refractivity contribution < 1.29 is 19.1 Å². The molecule has 35 heavy (non-hydrogen) atoms. The number of hydrogen-bond acceptors (Lipinski definition) is 5. The van der Waals surface area contributed by atoms with E-state index in [0.717, 1.165) is 28.2 Å². The molecule has 1 heterocycles. The van der Waals surface area contributed by atoms with Crippen molar-refractivity contribution in [1.29, 1.82) is 0 Å². The molecule has 188 valence electrons. The van der Waals surface area contributed by atoms with E-state index in [9.17, 15) is 9.59 Å². The number of urea groups is 1. The molecule has 0 aliphatic carbocycles. The Morgan fingerprint density at radius 3 is 2.49 bits per heavy atom. The number of hydrogen-bond donors (Lipinski definition) is 1. The van der Waals surface area contributed by atoms with Crippen LogP contribution in [0.2, 0.25) is 0 Å². The fourth-order valence-electron chi connectivity index (χ4n) is 3.86. The lowest BCUT2D eigenvalue weighted by molar-refractivity contribution is -0.133. The highest BCUT2D eigenvalue weighted by atomic mass is 16.5. The van der Waals surface area contributed by atoms with Crippen LogP contribution in [0.15, 0.2) is 53.6 Å². The van der Waals surface area contributed by atoms with Gasteiger partial charge in [-0.1, -0.05) is 42.0 Å². The number of benzene rings is 2. The summed E-state index contributed by atoms with van der Waals surface area (Å²) in [5, 5.41) is 9.19. The lowest BCUT2D eigenvalue weighted by Crippen LogP contribution is -2.52. The number of carbonyl (C=O) groups excluding carboxylic acids is 2. The van der Waals surface area contributed by atoms with Crippen molar-refractivity contribution in [2.75, 3.05) is 33.9 Å². The summed E-state index contributed by atoms with van der Waals surface area (Å²) in [6.07, 6.45) is 0.564. The van der Waals surface area contributed by atoms with E-state index in [2.05, 4.69) is 5.32 Å². The molecule has 2 aromatic rings. The molecule has 0 radical (unpaired) electrons. The fourth-order valence-corrected chi connectivity index (χ4v) is 3.86. The third kappa shape index (κ3) is 7.05. The quantitative estimate of drug-likeness (QED) is 0.616. The summed E-state index contributed by atoms with van der Waals surface area (Å²) in [4.78, 5) is 27.9. The summed E-state index contributed by atoms with van der Waals surface area (Å²) in [6.45, 7) is 8.24. The van der Waals surface area contributed by atoms with Gasteiger partial charge in [0.1, 0.15) is 12.3 Å². The predicted molar refractivity (Wildman–Crippen MR) is 137 cm³/mol. The summed E-state index contributed by atoms with van der Waals surface area (Å²) < 4.78 is 10.5. The van der Waals surface area contributed by atoms with Gasteiger partial charge in [-0.2, -0.15) is 5.10 Å². The zero-order valence-electron chi connectivity index (χ0n) is 21.5.